The van der Waals surface area contributed by atoms with Crippen molar-refractivity contribution >= 4 is 50.5 Å². The topological polar surface area (TPSA) is 98.5 Å². The van der Waals surface area contributed by atoms with E-state index in [1.807, 2.05) is 5.32 Å². The van der Waals surface area contributed by atoms with Gasteiger partial charge in [-0.15, -0.1) is 11.3 Å². The zero-order valence-electron chi connectivity index (χ0n) is 12.5. The highest BCUT2D eigenvalue weighted by atomic mass is 79.9. The summed E-state index contributed by atoms with van der Waals surface area (Å²) in [6, 6.07) is 4.93. The molecule has 1 aromatic heterocycles. The van der Waals surface area contributed by atoms with Crippen LogP contribution in [0.5, 0.6) is 0 Å². The van der Waals surface area contributed by atoms with Crippen molar-refractivity contribution in [3.63, 3.8) is 0 Å². The first-order valence-electron chi connectivity index (χ1n) is 6.66. The molecule has 0 aliphatic heterocycles. The maximum atomic E-state index is 13.0. The van der Waals surface area contributed by atoms with Crippen LogP contribution in [0.1, 0.15) is 15.2 Å². The maximum absolute atomic E-state index is 13.0. The van der Waals surface area contributed by atoms with Crippen molar-refractivity contribution in [2.45, 2.75) is 6.18 Å². The average Bonchev–Trinajstić information content (AvgIpc) is 2.98. The molecule has 7 nitrogen and oxygen atoms in total. The van der Waals surface area contributed by atoms with Gasteiger partial charge in [0.05, 0.1) is 20.0 Å². The average molecular weight is 453 g/mol. The maximum Gasteiger partial charge on any atom is 0.418 e. The van der Waals surface area contributed by atoms with Crippen LogP contribution in [0.2, 0.25) is 0 Å². The van der Waals surface area contributed by atoms with Crippen LogP contribution in [0.25, 0.3) is 0 Å². The number of anilines is 1. The molecule has 1 aromatic carbocycles. The van der Waals surface area contributed by atoms with Crippen LogP contribution in [-0.4, -0.2) is 23.4 Å². The quantitative estimate of drug-likeness (QED) is 0.415. The number of hydrogen-bond acceptors (Lipinski definition) is 6. The lowest BCUT2D eigenvalue weighted by atomic mass is 10.1. The number of alkyl halides is 3. The lowest BCUT2D eigenvalue weighted by Crippen LogP contribution is -2.22. The van der Waals surface area contributed by atoms with Gasteiger partial charge in [-0.05, 0) is 34.1 Å². The van der Waals surface area contributed by atoms with Gasteiger partial charge in [0, 0.05) is 12.1 Å². The molecule has 26 heavy (non-hydrogen) atoms. The molecule has 0 saturated heterocycles. The SMILES string of the molecule is O=C(COC(=O)c1ccc(Br)s1)Nc1ccc([N+](=O)[O-])cc1C(F)(F)F. The van der Waals surface area contributed by atoms with Gasteiger partial charge in [-0.3, -0.25) is 14.9 Å². The van der Waals surface area contributed by atoms with Gasteiger partial charge < -0.3 is 10.1 Å². The number of ether oxygens (including phenoxy) is 1. The van der Waals surface area contributed by atoms with Gasteiger partial charge >= 0.3 is 12.1 Å². The van der Waals surface area contributed by atoms with Crippen LogP contribution >= 0.6 is 27.3 Å². The van der Waals surface area contributed by atoms with Crippen LogP contribution in [0.15, 0.2) is 34.1 Å². The lowest BCUT2D eigenvalue weighted by molar-refractivity contribution is -0.385. The summed E-state index contributed by atoms with van der Waals surface area (Å²) in [4.78, 5) is 33.3. The zero-order chi connectivity index (χ0) is 19.5. The number of halogens is 4. The van der Waals surface area contributed by atoms with Crippen LogP contribution in [0.3, 0.4) is 0 Å². The minimum absolute atomic E-state index is 0.205. The Morgan fingerprint density at radius 3 is 2.50 bits per heavy atom. The van der Waals surface area contributed by atoms with E-state index < -0.39 is 46.5 Å². The fourth-order valence-electron chi connectivity index (χ4n) is 1.80. The standard InChI is InChI=1S/C14H8BrF3N2O5S/c15-11-4-3-10(26-11)13(22)25-6-12(21)19-9-2-1-7(20(23)24)5-8(9)14(16,17)18/h1-5H,6H2,(H,19,21). The number of nitrogens with one attached hydrogen (secondary N) is 1. The van der Waals surface area contributed by atoms with E-state index in [-0.39, 0.29) is 4.88 Å². The fourth-order valence-corrected chi connectivity index (χ4v) is 3.08. The molecular weight excluding hydrogens is 445 g/mol. The molecule has 0 saturated carbocycles. The third-order valence-corrected chi connectivity index (χ3v) is 4.51. The predicted octanol–water partition coefficient (Wildman–Crippen LogP) is 4.23. The number of rotatable bonds is 5. The van der Waals surface area contributed by atoms with E-state index in [9.17, 15) is 32.9 Å². The second kappa shape index (κ2) is 7.83. The van der Waals surface area contributed by atoms with Crippen molar-refractivity contribution in [2.75, 3.05) is 11.9 Å². The van der Waals surface area contributed by atoms with E-state index in [0.717, 1.165) is 23.5 Å². The Bertz CT molecular complexity index is 869. The van der Waals surface area contributed by atoms with E-state index >= 15 is 0 Å². The summed E-state index contributed by atoms with van der Waals surface area (Å²) in [5.41, 5.74) is -2.83. The first kappa shape index (κ1) is 19.8. The Balaban J connectivity index is 2.08. The fraction of sp³-hybridized carbons (Fsp3) is 0.143. The Kier molecular flexibility index (Phi) is 5.97. The van der Waals surface area contributed by atoms with Crippen molar-refractivity contribution in [3.8, 4) is 0 Å². The number of non-ortho nitro benzene ring substituents is 1. The van der Waals surface area contributed by atoms with Crippen LogP contribution in [0.4, 0.5) is 24.5 Å². The molecule has 0 spiro atoms. The lowest BCUT2D eigenvalue weighted by Gasteiger charge is -2.13. The Labute approximate surface area is 156 Å². The van der Waals surface area contributed by atoms with Crippen molar-refractivity contribution in [1.82, 2.24) is 0 Å². The van der Waals surface area contributed by atoms with Gasteiger partial charge in [-0.25, -0.2) is 4.79 Å². The Morgan fingerprint density at radius 1 is 1.27 bits per heavy atom. The molecule has 2 rings (SSSR count). The molecule has 1 N–H and O–H groups in total. The number of benzene rings is 1. The van der Waals surface area contributed by atoms with Crippen molar-refractivity contribution < 1.29 is 32.4 Å². The normalized spacial score (nSPS) is 11.1. The Hall–Kier alpha value is -2.47. The highest BCUT2D eigenvalue weighted by Gasteiger charge is 2.35. The molecule has 0 radical (unpaired) electrons. The summed E-state index contributed by atoms with van der Waals surface area (Å²) in [6.07, 6.45) is -4.92. The second-order valence-corrected chi connectivity index (χ2v) is 7.18. The van der Waals surface area contributed by atoms with Gasteiger partial charge in [0.25, 0.3) is 11.6 Å². The van der Waals surface area contributed by atoms with E-state index in [2.05, 4.69) is 15.9 Å². The number of hydrogen-bond donors (Lipinski definition) is 1. The number of carbonyl (C=O) groups is 2. The number of nitro groups is 1. The number of nitro benzene ring substituents is 1. The van der Waals surface area contributed by atoms with Gasteiger partial charge in [-0.2, -0.15) is 13.2 Å². The molecule has 0 aliphatic carbocycles. The third-order valence-electron chi connectivity index (χ3n) is 2.90. The first-order valence-corrected chi connectivity index (χ1v) is 8.27. The minimum Gasteiger partial charge on any atom is -0.451 e. The highest BCUT2D eigenvalue weighted by Crippen LogP contribution is 2.37. The number of nitrogens with zero attached hydrogens (tertiary/aromatic N) is 1. The second-order valence-electron chi connectivity index (χ2n) is 4.71. The first-order chi connectivity index (χ1) is 12.1. The van der Waals surface area contributed by atoms with Crippen LogP contribution < -0.4 is 5.32 Å². The van der Waals surface area contributed by atoms with E-state index in [1.165, 1.54) is 6.07 Å². The largest absolute Gasteiger partial charge is 0.451 e. The number of amides is 1. The summed E-state index contributed by atoms with van der Waals surface area (Å²) in [5, 5.41) is 12.5. The number of esters is 1. The van der Waals surface area contributed by atoms with E-state index in [1.54, 1.807) is 6.07 Å². The molecule has 0 unspecified atom stereocenters. The molecule has 12 heteroatoms. The molecule has 0 fully saturated rings. The van der Waals surface area contributed by atoms with E-state index in [4.69, 9.17) is 4.74 Å². The van der Waals surface area contributed by atoms with Gasteiger partial charge in [0.15, 0.2) is 6.61 Å². The molecular formula is C14H8BrF3N2O5S. The molecule has 1 heterocycles. The molecule has 2 aromatic rings. The Morgan fingerprint density at radius 2 is 1.96 bits per heavy atom. The summed E-state index contributed by atoms with van der Waals surface area (Å²) < 4.78 is 44.4. The number of thiophene rings is 1. The monoisotopic (exact) mass is 452 g/mol. The van der Waals surface area contributed by atoms with Crippen molar-refractivity contribution in [1.29, 1.82) is 0 Å². The summed E-state index contributed by atoms with van der Waals surface area (Å²) in [6.45, 7) is -0.817. The number of carbonyl (C=O) groups excluding carboxylic acids is 2. The van der Waals surface area contributed by atoms with Crippen LogP contribution in [0, 0.1) is 10.1 Å². The van der Waals surface area contributed by atoms with Gasteiger partial charge in [0.2, 0.25) is 0 Å². The summed E-state index contributed by atoms with van der Waals surface area (Å²) in [7, 11) is 0. The molecule has 1 amide bonds. The van der Waals surface area contributed by atoms with E-state index in [0.29, 0.717) is 9.85 Å². The molecule has 0 bridgehead atoms. The smallest absolute Gasteiger partial charge is 0.418 e. The van der Waals surface area contributed by atoms with Gasteiger partial charge in [-0.1, -0.05) is 0 Å². The molecule has 138 valence electrons. The highest BCUT2D eigenvalue weighted by molar-refractivity contribution is 9.11. The summed E-state index contributed by atoms with van der Waals surface area (Å²) >= 11 is 4.20. The van der Waals surface area contributed by atoms with Gasteiger partial charge in [0.1, 0.15) is 4.88 Å². The minimum atomic E-state index is -4.92. The molecule has 0 aliphatic rings. The third kappa shape index (κ3) is 5.02. The van der Waals surface area contributed by atoms with Crippen LogP contribution in [-0.2, 0) is 15.7 Å². The predicted molar refractivity (Wildman–Crippen MR) is 89.0 cm³/mol. The molecule has 0 atom stereocenters. The van der Waals surface area contributed by atoms with Crippen molar-refractivity contribution in [3.05, 3.63) is 54.7 Å². The summed E-state index contributed by atoms with van der Waals surface area (Å²) in [5.74, 6) is -1.83. The zero-order valence-corrected chi connectivity index (χ0v) is 14.9. The van der Waals surface area contributed by atoms with Crippen molar-refractivity contribution in [2.24, 2.45) is 0 Å².